The number of nitrogens with two attached hydrogens (primary N) is 1. The Balaban J connectivity index is 2.37. The van der Waals surface area contributed by atoms with Gasteiger partial charge in [0, 0.05) is 17.8 Å². The van der Waals surface area contributed by atoms with Crippen LogP contribution in [0.15, 0.2) is 24.3 Å². The Morgan fingerprint density at radius 2 is 1.62 bits per heavy atom. The summed E-state index contributed by atoms with van der Waals surface area (Å²) in [6.45, 7) is 0. The molecule has 2 aromatic carbocycles. The molecule has 0 heterocycles. The van der Waals surface area contributed by atoms with E-state index in [2.05, 4.69) is 5.32 Å². The number of nitrogens with one attached hydrogen (secondary N) is 1. The number of hydrogen-bond donors (Lipinski definition) is 2. The Morgan fingerprint density at radius 3 is 2.29 bits per heavy atom. The van der Waals surface area contributed by atoms with Crippen molar-refractivity contribution in [3.63, 3.8) is 0 Å². The quantitative estimate of drug-likeness (QED) is 0.637. The molecule has 0 radical (unpaired) electrons. The molecule has 0 aliphatic heterocycles. The van der Waals surface area contributed by atoms with Gasteiger partial charge >= 0.3 is 0 Å². The zero-order valence-corrected chi connectivity index (χ0v) is 11.7. The van der Waals surface area contributed by atoms with E-state index in [0.29, 0.717) is 12.1 Å². The maximum Gasteiger partial charge on any atom is 0.257 e. The monoisotopic (exact) mass is 334 g/mol. The first-order valence-corrected chi connectivity index (χ1v) is 6.25. The van der Waals surface area contributed by atoms with E-state index in [4.69, 9.17) is 28.9 Å². The van der Waals surface area contributed by atoms with Gasteiger partial charge in [-0.2, -0.15) is 0 Å². The molecule has 0 spiro atoms. The number of carbonyl (C=O) groups excluding carboxylic acids is 1. The number of amides is 1. The minimum absolute atomic E-state index is 0.0348. The minimum atomic E-state index is -1.37. The molecule has 0 bridgehead atoms. The molecule has 0 fully saturated rings. The first kappa shape index (κ1) is 15.5. The Morgan fingerprint density at radius 1 is 1.00 bits per heavy atom. The van der Waals surface area contributed by atoms with E-state index in [9.17, 15) is 18.0 Å². The van der Waals surface area contributed by atoms with Crippen molar-refractivity contribution in [3.8, 4) is 0 Å². The van der Waals surface area contributed by atoms with Crippen LogP contribution in [0.5, 0.6) is 0 Å². The van der Waals surface area contributed by atoms with Crippen LogP contribution in [0.25, 0.3) is 0 Å². The number of rotatable bonds is 2. The van der Waals surface area contributed by atoms with Crippen LogP contribution in [0.4, 0.5) is 24.5 Å². The molecule has 1 amide bonds. The lowest BCUT2D eigenvalue weighted by Crippen LogP contribution is -2.14. The van der Waals surface area contributed by atoms with Crippen LogP contribution in [-0.4, -0.2) is 5.91 Å². The molecule has 0 atom stereocenters. The van der Waals surface area contributed by atoms with Gasteiger partial charge in [0.05, 0.1) is 21.3 Å². The Hall–Kier alpha value is -1.92. The summed E-state index contributed by atoms with van der Waals surface area (Å²) in [5, 5.41) is 2.01. The average molecular weight is 335 g/mol. The smallest absolute Gasteiger partial charge is 0.257 e. The third-order valence-electron chi connectivity index (χ3n) is 2.55. The van der Waals surface area contributed by atoms with Gasteiger partial charge in [-0.25, -0.2) is 13.2 Å². The van der Waals surface area contributed by atoms with Gasteiger partial charge < -0.3 is 11.1 Å². The van der Waals surface area contributed by atoms with Crippen molar-refractivity contribution in [2.45, 2.75) is 0 Å². The van der Waals surface area contributed by atoms with Crippen molar-refractivity contribution in [3.05, 3.63) is 57.3 Å². The summed E-state index contributed by atoms with van der Waals surface area (Å²) in [5.74, 6) is -4.66. The third-order valence-corrected chi connectivity index (χ3v) is 3.36. The lowest BCUT2D eigenvalue weighted by molar-refractivity contribution is 0.102. The van der Waals surface area contributed by atoms with Gasteiger partial charge in [0.25, 0.3) is 5.91 Å². The molecule has 3 nitrogen and oxygen atoms in total. The van der Waals surface area contributed by atoms with E-state index < -0.39 is 29.0 Å². The number of benzene rings is 2. The molecule has 3 N–H and O–H groups in total. The molecule has 0 saturated heterocycles. The van der Waals surface area contributed by atoms with Crippen LogP contribution in [0.3, 0.4) is 0 Å². The maximum absolute atomic E-state index is 13.5. The molecule has 8 heteroatoms. The van der Waals surface area contributed by atoms with E-state index >= 15 is 0 Å². The SMILES string of the molecule is Nc1cc(Cl)c(Cl)c(C(=O)Nc2cc(F)c(F)cc2F)c1. The lowest BCUT2D eigenvalue weighted by Gasteiger charge is -2.10. The maximum atomic E-state index is 13.5. The summed E-state index contributed by atoms with van der Waals surface area (Å²) in [7, 11) is 0. The lowest BCUT2D eigenvalue weighted by atomic mass is 10.1. The van der Waals surface area contributed by atoms with Gasteiger partial charge in [-0.05, 0) is 12.1 Å². The summed E-state index contributed by atoms with van der Waals surface area (Å²) in [5.41, 5.74) is 5.04. The van der Waals surface area contributed by atoms with Gasteiger partial charge in [0.1, 0.15) is 5.82 Å². The second-order valence-electron chi connectivity index (χ2n) is 4.06. The van der Waals surface area contributed by atoms with Crippen molar-refractivity contribution in [2.24, 2.45) is 0 Å². The van der Waals surface area contributed by atoms with Crippen molar-refractivity contribution >= 4 is 40.5 Å². The summed E-state index contributed by atoms with van der Waals surface area (Å²) in [6, 6.07) is 3.39. The third kappa shape index (κ3) is 3.22. The minimum Gasteiger partial charge on any atom is -0.399 e. The molecule has 0 aromatic heterocycles. The Kier molecular flexibility index (Phi) is 4.29. The molecule has 0 aliphatic rings. The normalized spacial score (nSPS) is 10.5. The predicted octanol–water partition coefficient (Wildman–Crippen LogP) is 4.25. The zero-order chi connectivity index (χ0) is 15.7. The van der Waals surface area contributed by atoms with Crippen molar-refractivity contribution in [2.75, 3.05) is 11.1 Å². The number of hydrogen-bond acceptors (Lipinski definition) is 2. The number of nitrogen functional groups attached to an aromatic ring is 1. The molecule has 0 saturated carbocycles. The van der Waals surface area contributed by atoms with Crippen molar-refractivity contribution in [1.82, 2.24) is 0 Å². The van der Waals surface area contributed by atoms with Gasteiger partial charge in [0.2, 0.25) is 0 Å². The molecule has 0 unspecified atom stereocenters. The fourth-order valence-electron chi connectivity index (χ4n) is 1.58. The predicted molar refractivity (Wildman–Crippen MR) is 75.1 cm³/mol. The number of carbonyl (C=O) groups is 1. The molecule has 0 aliphatic carbocycles. The summed E-state index contributed by atoms with van der Waals surface area (Å²) >= 11 is 11.6. The molecular formula is C13H7Cl2F3N2O. The second-order valence-corrected chi connectivity index (χ2v) is 4.85. The zero-order valence-electron chi connectivity index (χ0n) is 10.2. The van der Waals surface area contributed by atoms with E-state index in [1.165, 1.54) is 12.1 Å². The highest BCUT2D eigenvalue weighted by molar-refractivity contribution is 6.44. The van der Waals surface area contributed by atoms with E-state index in [0.717, 1.165) is 0 Å². The van der Waals surface area contributed by atoms with Gasteiger partial charge in [0.15, 0.2) is 11.6 Å². The standard InChI is InChI=1S/C13H7Cl2F3N2O/c14-7-2-5(19)1-6(12(7)15)13(21)20-11-4-9(17)8(16)3-10(11)18/h1-4H,19H2,(H,20,21). The van der Waals surface area contributed by atoms with Crippen LogP contribution >= 0.6 is 23.2 Å². The van der Waals surface area contributed by atoms with Gasteiger partial charge in [-0.3, -0.25) is 4.79 Å². The van der Waals surface area contributed by atoms with Crippen LogP contribution in [0, 0.1) is 17.5 Å². The average Bonchev–Trinajstić information content (AvgIpc) is 2.40. The van der Waals surface area contributed by atoms with Crippen LogP contribution in [0.2, 0.25) is 10.0 Å². The molecule has 21 heavy (non-hydrogen) atoms. The fourth-order valence-corrected chi connectivity index (χ4v) is 2.01. The molecule has 2 aromatic rings. The second kappa shape index (κ2) is 5.83. The van der Waals surface area contributed by atoms with Gasteiger partial charge in [-0.1, -0.05) is 23.2 Å². The van der Waals surface area contributed by atoms with Gasteiger partial charge in [-0.15, -0.1) is 0 Å². The Bertz CT molecular complexity index is 738. The summed E-state index contributed by atoms with van der Waals surface area (Å²) in [4.78, 5) is 12.0. The van der Waals surface area contributed by atoms with E-state index in [1.807, 2.05) is 0 Å². The highest BCUT2D eigenvalue weighted by Gasteiger charge is 2.17. The highest BCUT2D eigenvalue weighted by atomic mass is 35.5. The Labute approximate surface area is 127 Å². The van der Waals surface area contributed by atoms with E-state index in [1.54, 1.807) is 0 Å². The molecule has 110 valence electrons. The molecular weight excluding hydrogens is 328 g/mol. The summed E-state index contributed by atoms with van der Waals surface area (Å²) in [6.07, 6.45) is 0. The molecule has 2 rings (SSSR count). The highest BCUT2D eigenvalue weighted by Crippen LogP contribution is 2.29. The topological polar surface area (TPSA) is 55.1 Å². The number of anilines is 2. The van der Waals surface area contributed by atoms with Crippen molar-refractivity contribution in [1.29, 1.82) is 0 Å². The summed E-state index contributed by atoms with van der Waals surface area (Å²) < 4.78 is 39.3. The first-order chi connectivity index (χ1) is 9.79. The largest absolute Gasteiger partial charge is 0.399 e. The fraction of sp³-hybridized carbons (Fsp3) is 0. The van der Waals surface area contributed by atoms with Crippen LogP contribution in [0.1, 0.15) is 10.4 Å². The van der Waals surface area contributed by atoms with Crippen LogP contribution < -0.4 is 11.1 Å². The van der Waals surface area contributed by atoms with Crippen LogP contribution in [-0.2, 0) is 0 Å². The van der Waals surface area contributed by atoms with E-state index in [-0.39, 0.29) is 21.3 Å². The number of halogens is 5. The van der Waals surface area contributed by atoms with Crippen molar-refractivity contribution < 1.29 is 18.0 Å². The first-order valence-electron chi connectivity index (χ1n) is 5.50.